The zero-order valence-corrected chi connectivity index (χ0v) is 10.1. The molecule has 0 aliphatic carbocycles. The highest BCUT2D eigenvalue weighted by molar-refractivity contribution is 9.10. The first kappa shape index (κ1) is 11.5. The van der Waals surface area contributed by atoms with Gasteiger partial charge in [-0.1, -0.05) is 12.1 Å². The maximum Gasteiger partial charge on any atom is 0.309 e. The molecular formula is C11H11BrFNO2. The second-order valence-corrected chi connectivity index (χ2v) is 4.80. The van der Waals surface area contributed by atoms with E-state index in [0.29, 0.717) is 29.7 Å². The molecule has 1 saturated heterocycles. The lowest BCUT2D eigenvalue weighted by atomic mass is 9.99. The van der Waals surface area contributed by atoms with Crippen LogP contribution >= 0.6 is 15.9 Å². The molecule has 0 unspecified atom stereocenters. The summed E-state index contributed by atoms with van der Waals surface area (Å²) in [5.74, 6) is -1.33. The van der Waals surface area contributed by atoms with Gasteiger partial charge in [0.1, 0.15) is 5.82 Å². The third-order valence-electron chi connectivity index (χ3n) is 2.73. The third kappa shape index (κ3) is 2.25. The van der Waals surface area contributed by atoms with Crippen molar-refractivity contribution in [3.05, 3.63) is 34.1 Å². The summed E-state index contributed by atoms with van der Waals surface area (Å²) in [5, 5.41) is 8.71. The number of halogens is 2. The topological polar surface area (TPSA) is 40.5 Å². The van der Waals surface area contributed by atoms with E-state index >= 15 is 0 Å². The molecule has 1 aromatic rings. The molecular weight excluding hydrogens is 277 g/mol. The molecule has 2 rings (SSSR count). The monoisotopic (exact) mass is 287 g/mol. The van der Waals surface area contributed by atoms with Crippen LogP contribution in [0.15, 0.2) is 22.7 Å². The Hall–Kier alpha value is -0.940. The van der Waals surface area contributed by atoms with Crippen LogP contribution in [0.4, 0.5) is 4.39 Å². The zero-order valence-electron chi connectivity index (χ0n) is 8.49. The quantitative estimate of drug-likeness (QED) is 0.926. The van der Waals surface area contributed by atoms with Gasteiger partial charge < -0.3 is 5.11 Å². The number of hydrogen-bond acceptors (Lipinski definition) is 2. The van der Waals surface area contributed by atoms with Gasteiger partial charge in [-0.25, -0.2) is 4.39 Å². The molecule has 5 heteroatoms. The van der Waals surface area contributed by atoms with Crippen LogP contribution in [-0.4, -0.2) is 29.1 Å². The first-order valence-electron chi connectivity index (χ1n) is 4.96. The fourth-order valence-corrected chi connectivity index (χ4v) is 2.17. The Kier molecular flexibility index (Phi) is 3.25. The maximum absolute atomic E-state index is 13.6. The molecule has 86 valence electrons. The molecule has 3 nitrogen and oxygen atoms in total. The van der Waals surface area contributed by atoms with Crippen molar-refractivity contribution in [3.8, 4) is 0 Å². The summed E-state index contributed by atoms with van der Waals surface area (Å²) < 4.78 is 14.0. The van der Waals surface area contributed by atoms with Crippen molar-refractivity contribution >= 4 is 21.9 Å². The van der Waals surface area contributed by atoms with Crippen molar-refractivity contribution < 1.29 is 14.3 Å². The zero-order chi connectivity index (χ0) is 11.7. The minimum Gasteiger partial charge on any atom is -0.481 e. The summed E-state index contributed by atoms with van der Waals surface area (Å²) in [5.41, 5.74) is 0.596. The van der Waals surface area contributed by atoms with Gasteiger partial charge in [0.15, 0.2) is 0 Å². The van der Waals surface area contributed by atoms with Crippen LogP contribution in [0.2, 0.25) is 0 Å². The van der Waals surface area contributed by atoms with Crippen molar-refractivity contribution in [2.45, 2.75) is 6.54 Å². The van der Waals surface area contributed by atoms with E-state index < -0.39 is 5.97 Å². The lowest BCUT2D eigenvalue weighted by molar-refractivity contribution is -0.147. The Balaban J connectivity index is 1.97. The summed E-state index contributed by atoms with van der Waals surface area (Å²) in [6.07, 6.45) is 0. The molecule has 0 amide bonds. The number of hydrogen-bond donors (Lipinski definition) is 1. The Morgan fingerprint density at radius 3 is 2.88 bits per heavy atom. The molecule has 0 bridgehead atoms. The Morgan fingerprint density at radius 1 is 1.56 bits per heavy atom. The van der Waals surface area contributed by atoms with Crippen molar-refractivity contribution in [1.29, 1.82) is 0 Å². The second kappa shape index (κ2) is 4.51. The Morgan fingerprint density at radius 2 is 2.25 bits per heavy atom. The number of carboxylic acids is 1. The largest absolute Gasteiger partial charge is 0.481 e. The summed E-state index contributed by atoms with van der Waals surface area (Å²) in [4.78, 5) is 12.5. The van der Waals surface area contributed by atoms with Gasteiger partial charge in [0.2, 0.25) is 0 Å². The van der Waals surface area contributed by atoms with E-state index in [1.54, 1.807) is 18.2 Å². The number of nitrogens with zero attached hydrogens (tertiary/aromatic N) is 1. The van der Waals surface area contributed by atoms with Crippen molar-refractivity contribution in [2.75, 3.05) is 13.1 Å². The van der Waals surface area contributed by atoms with Gasteiger partial charge in [-0.3, -0.25) is 9.69 Å². The number of likely N-dealkylation sites (tertiary alicyclic amines) is 1. The van der Waals surface area contributed by atoms with E-state index in [2.05, 4.69) is 15.9 Å². The highest BCUT2D eigenvalue weighted by Crippen LogP contribution is 2.23. The van der Waals surface area contributed by atoms with Gasteiger partial charge in [0, 0.05) is 25.2 Å². The number of carbonyl (C=O) groups is 1. The van der Waals surface area contributed by atoms with Crippen LogP contribution in [0, 0.1) is 11.7 Å². The molecule has 0 spiro atoms. The minimum atomic E-state index is -0.772. The van der Waals surface area contributed by atoms with Crippen molar-refractivity contribution in [2.24, 2.45) is 5.92 Å². The molecule has 0 radical (unpaired) electrons. The molecule has 0 atom stereocenters. The first-order chi connectivity index (χ1) is 7.58. The fraction of sp³-hybridized carbons (Fsp3) is 0.364. The molecule has 1 fully saturated rings. The van der Waals surface area contributed by atoms with Crippen LogP contribution in [0.1, 0.15) is 5.56 Å². The molecule has 1 aromatic carbocycles. The van der Waals surface area contributed by atoms with Crippen molar-refractivity contribution in [1.82, 2.24) is 4.90 Å². The van der Waals surface area contributed by atoms with E-state index in [9.17, 15) is 9.18 Å². The van der Waals surface area contributed by atoms with Gasteiger partial charge in [-0.2, -0.15) is 0 Å². The van der Waals surface area contributed by atoms with E-state index in [1.807, 2.05) is 4.90 Å². The van der Waals surface area contributed by atoms with Crippen molar-refractivity contribution in [3.63, 3.8) is 0 Å². The summed E-state index contributed by atoms with van der Waals surface area (Å²) >= 11 is 3.12. The molecule has 16 heavy (non-hydrogen) atoms. The van der Waals surface area contributed by atoms with Crippen LogP contribution in [0.3, 0.4) is 0 Å². The predicted molar refractivity (Wildman–Crippen MR) is 60.5 cm³/mol. The average Bonchev–Trinajstić information content (AvgIpc) is 2.16. The molecule has 1 aliphatic rings. The minimum absolute atomic E-state index is 0.263. The average molecular weight is 288 g/mol. The Bertz CT molecular complexity index is 418. The number of rotatable bonds is 3. The van der Waals surface area contributed by atoms with Gasteiger partial charge in [-0.05, 0) is 22.0 Å². The molecule has 0 aromatic heterocycles. The van der Waals surface area contributed by atoms with Gasteiger partial charge >= 0.3 is 5.97 Å². The predicted octanol–water partition coefficient (Wildman–Crippen LogP) is 2.10. The Labute approximate surface area is 101 Å². The normalized spacial score (nSPS) is 17.1. The number of benzene rings is 1. The molecule has 1 heterocycles. The lowest BCUT2D eigenvalue weighted by Crippen LogP contribution is -2.49. The van der Waals surface area contributed by atoms with Gasteiger partial charge in [0.25, 0.3) is 0 Å². The highest BCUT2D eigenvalue weighted by Gasteiger charge is 2.32. The SMILES string of the molecule is O=C(O)C1CN(Cc2cccc(Br)c2F)C1. The van der Waals surface area contributed by atoms with Gasteiger partial charge in [-0.15, -0.1) is 0 Å². The maximum atomic E-state index is 13.6. The second-order valence-electron chi connectivity index (χ2n) is 3.94. The third-order valence-corrected chi connectivity index (χ3v) is 3.34. The van der Waals surface area contributed by atoms with E-state index in [4.69, 9.17) is 5.11 Å². The van der Waals surface area contributed by atoms with Crippen LogP contribution in [0.25, 0.3) is 0 Å². The van der Waals surface area contributed by atoms with E-state index in [0.717, 1.165) is 0 Å². The van der Waals surface area contributed by atoms with E-state index in [-0.39, 0.29) is 11.7 Å². The molecule has 1 N–H and O–H groups in total. The van der Waals surface area contributed by atoms with E-state index in [1.165, 1.54) is 0 Å². The summed E-state index contributed by atoms with van der Waals surface area (Å²) in [6, 6.07) is 5.14. The lowest BCUT2D eigenvalue weighted by Gasteiger charge is -2.36. The van der Waals surface area contributed by atoms with Crippen LogP contribution < -0.4 is 0 Å². The highest BCUT2D eigenvalue weighted by atomic mass is 79.9. The van der Waals surface area contributed by atoms with Crippen LogP contribution in [0.5, 0.6) is 0 Å². The summed E-state index contributed by atoms with van der Waals surface area (Å²) in [7, 11) is 0. The van der Waals surface area contributed by atoms with Gasteiger partial charge in [0.05, 0.1) is 10.4 Å². The standard InChI is InChI=1S/C11H11BrFNO2/c12-9-3-1-2-7(10(9)13)4-14-5-8(6-14)11(15)16/h1-3,8H,4-6H2,(H,15,16). The first-order valence-corrected chi connectivity index (χ1v) is 5.75. The number of aliphatic carboxylic acids is 1. The van der Waals surface area contributed by atoms with Crippen LogP contribution in [-0.2, 0) is 11.3 Å². The molecule has 0 saturated carbocycles. The smallest absolute Gasteiger partial charge is 0.309 e. The summed E-state index contributed by atoms with van der Waals surface area (Å²) in [6.45, 7) is 1.47. The number of carboxylic acid groups (broad SMARTS) is 1. The fourth-order valence-electron chi connectivity index (χ4n) is 1.77. The molecule has 1 aliphatic heterocycles.